The van der Waals surface area contributed by atoms with Crippen LogP contribution in [-0.4, -0.2) is 16.7 Å². The van der Waals surface area contributed by atoms with Crippen molar-refractivity contribution in [1.82, 2.24) is 10.3 Å². The van der Waals surface area contributed by atoms with Gasteiger partial charge < -0.3 is 14.6 Å². The summed E-state index contributed by atoms with van der Waals surface area (Å²) in [7, 11) is -0.607. The van der Waals surface area contributed by atoms with Crippen molar-refractivity contribution in [2.24, 2.45) is 0 Å². The van der Waals surface area contributed by atoms with Crippen LogP contribution >= 0.6 is 0 Å². The van der Waals surface area contributed by atoms with E-state index in [1.165, 1.54) is 24.1 Å². The van der Waals surface area contributed by atoms with E-state index in [4.69, 9.17) is 14.0 Å². The number of hydrogen-bond donors (Lipinski definition) is 2. The zero-order valence-electron chi connectivity index (χ0n) is 8.31. The summed E-state index contributed by atoms with van der Waals surface area (Å²) in [6, 6.07) is 4.67. The average molecular weight is 233 g/mol. The summed E-state index contributed by atoms with van der Waals surface area (Å²) in [5.41, 5.74) is 2.65. The van der Waals surface area contributed by atoms with Gasteiger partial charge in [-0.2, -0.15) is 0 Å². The Morgan fingerprint density at radius 1 is 1.60 bits per heavy atom. The first-order valence-electron chi connectivity index (χ1n) is 4.50. The Morgan fingerprint density at radius 3 is 2.87 bits per heavy atom. The second kappa shape index (κ2) is 5.99. The Kier molecular flexibility index (Phi) is 4.93. The van der Waals surface area contributed by atoms with E-state index in [1.807, 2.05) is 19.3 Å². The van der Waals surface area contributed by atoms with Gasteiger partial charge in [0.25, 0.3) is 10.8 Å². The summed E-state index contributed by atoms with van der Waals surface area (Å²) in [6.07, 6.45) is 4.24. The number of aromatic nitrogens is 1. The minimum absolute atomic E-state index is 0.492. The molecule has 84 valence electrons. The predicted octanol–water partition coefficient (Wildman–Crippen LogP) is -1.65. The van der Waals surface area contributed by atoms with Crippen LogP contribution in [0, 0.1) is 10.8 Å². The van der Waals surface area contributed by atoms with Crippen LogP contribution in [0.4, 0.5) is 0 Å². The Hall–Kier alpha value is -0.720. The smallest absolute Gasteiger partial charge is 0.282 e. The lowest BCUT2D eigenvalue weighted by Crippen LogP contribution is -2.30. The van der Waals surface area contributed by atoms with Gasteiger partial charge >= 0.3 is 0 Å². The van der Waals surface area contributed by atoms with Crippen LogP contribution in [0.3, 0.4) is 0 Å². The molecule has 0 spiro atoms. The van der Waals surface area contributed by atoms with Crippen LogP contribution in [0.5, 0.6) is 0 Å². The van der Waals surface area contributed by atoms with Gasteiger partial charge in [0.05, 0.1) is 5.69 Å². The average Bonchev–Trinajstić information content (AvgIpc) is 2.59. The van der Waals surface area contributed by atoms with Crippen molar-refractivity contribution < 1.29 is 24.8 Å². The molecule has 0 saturated heterocycles. The quantitative estimate of drug-likeness (QED) is 0.606. The molecule has 0 amide bonds. The highest BCUT2D eigenvalue weighted by atomic mass is 35.6. The lowest BCUT2D eigenvalue weighted by Gasteiger charge is -2.07. The summed E-state index contributed by atoms with van der Waals surface area (Å²) < 4.78 is 24.0. The third-order valence-electron chi connectivity index (χ3n) is 2.31. The van der Waals surface area contributed by atoms with Gasteiger partial charge in [-0.15, -0.1) is 0 Å². The fourth-order valence-electron chi connectivity index (χ4n) is 1.69. The molecule has 0 radical (unpaired) electrons. The third-order valence-corrected chi connectivity index (χ3v) is 2.31. The second-order valence-corrected chi connectivity index (χ2v) is 3.53. The van der Waals surface area contributed by atoms with Gasteiger partial charge in [0.1, 0.15) is 0 Å². The monoisotopic (exact) mass is 232 g/mol. The van der Waals surface area contributed by atoms with E-state index in [0.717, 1.165) is 0 Å². The lowest BCUT2D eigenvalue weighted by molar-refractivity contribution is -1.63. The van der Waals surface area contributed by atoms with Crippen LogP contribution in [-0.2, 0) is 6.42 Å². The Labute approximate surface area is 91.2 Å². The molecule has 15 heavy (non-hydrogen) atoms. The number of rotatable bonds is 1. The van der Waals surface area contributed by atoms with E-state index < -0.39 is 10.8 Å². The van der Waals surface area contributed by atoms with Crippen LogP contribution in [0.25, 0.3) is 0 Å². The highest BCUT2D eigenvalue weighted by Gasteiger charge is 2.20. The molecule has 1 aromatic heterocycles. The maximum Gasteiger partial charge on any atom is 0.282 e. The van der Waals surface area contributed by atoms with Crippen molar-refractivity contribution in [1.29, 1.82) is 0 Å². The molecule has 1 unspecified atom stereocenters. The van der Waals surface area contributed by atoms with Crippen molar-refractivity contribution in [2.45, 2.75) is 18.9 Å². The largest absolute Gasteiger partial charge is 0.321 e. The van der Waals surface area contributed by atoms with Crippen molar-refractivity contribution in [3.63, 3.8) is 0 Å². The van der Waals surface area contributed by atoms with Crippen LogP contribution in [0.15, 0.2) is 18.3 Å². The molecular formula is C9H13ClN2O3. The molecule has 0 saturated carbocycles. The molecule has 0 aliphatic heterocycles. The van der Waals surface area contributed by atoms with E-state index in [1.54, 1.807) is 0 Å². The van der Waals surface area contributed by atoms with Crippen molar-refractivity contribution in [2.75, 3.05) is 7.05 Å². The fourth-order valence-corrected chi connectivity index (χ4v) is 1.69. The maximum atomic E-state index is 8.52. The van der Waals surface area contributed by atoms with E-state index in [-0.39, 0.29) is 0 Å². The van der Waals surface area contributed by atoms with Crippen molar-refractivity contribution >= 4 is 0 Å². The van der Waals surface area contributed by atoms with Crippen LogP contribution < -0.4 is 14.6 Å². The number of pyridine rings is 1. The number of nitrogens with one attached hydrogen (secondary N) is 1. The van der Waals surface area contributed by atoms with Crippen LogP contribution in [0.2, 0.25) is 0 Å². The molecule has 1 aliphatic rings. The molecule has 1 heterocycles. The van der Waals surface area contributed by atoms with Crippen LogP contribution in [0.1, 0.15) is 23.7 Å². The summed E-state index contributed by atoms with van der Waals surface area (Å²) in [6.45, 7) is 0. The molecule has 2 rings (SSSR count). The number of aryl methyl sites for hydroxylation is 1. The standard InChI is InChI=1S/C9H12N2.ClHO3/c1-10-8-5-4-7-3-2-6-11-9(7)8;2-1(3)4/h2-3,6,8,10H,4-5H2,1H3;2H. The van der Waals surface area contributed by atoms with E-state index in [9.17, 15) is 0 Å². The molecular weight excluding hydrogens is 220 g/mol. The third kappa shape index (κ3) is 3.73. The highest BCUT2D eigenvalue weighted by molar-refractivity contribution is 5.27. The summed E-state index contributed by atoms with van der Waals surface area (Å²) in [5, 5.41) is 3.26. The Morgan fingerprint density at radius 2 is 2.27 bits per heavy atom. The first-order chi connectivity index (χ1) is 7.15. The molecule has 0 fully saturated rings. The van der Waals surface area contributed by atoms with Gasteiger partial charge in [0.2, 0.25) is 0 Å². The topological polar surface area (TPSA) is 91.3 Å². The first kappa shape index (κ1) is 12.4. The molecule has 0 aromatic carbocycles. The first-order valence-corrected chi connectivity index (χ1v) is 5.46. The summed E-state index contributed by atoms with van der Waals surface area (Å²) in [5.74, 6) is 0. The zero-order chi connectivity index (χ0) is 11.3. The van der Waals surface area contributed by atoms with E-state index >= 15 is 0 Å². The minimum Gasteiger partial charge on any atom is -0.321 e. The van der Waals surface area contributed by atoms with Gasteiger partial charge in [0, 0.05) is 16.9 Å². The molecule has 5 nitrogen and oxygen atoms in total. The number of hydrogen-bond acceptors (Lipinski definition) is 5. The van der Waals surface area contributed by atoms with E-state index in [2.05, 4.69) is 16.4 Å². The predicted molar refractivity (Wildman–Crippen MR) is 46.6 cm³/mol. The van der Waals surface area contributed by atoms with Crippen molar-refractivity contribution in [3.8, 4) is 0 Å². The Balaban J connectivity index is 0.000000245. The van der Waals surface area contributed by atoms with Gasteiger partial charge in [-0.3, -0.25) is 4.98 Å². The molecule has 2 N–H and O–H groups in total. The van der Waals surface area contributed by atoms with Gasteiger partial charge in [-0.25, -0.2) is 0 Å². The zero-order valence-corrected chi connectivity index (χ0v) is 9.07. The van der Waals surface area contributed by atoms with E-state index in [0.29, 0.717) is 6.04 Å². The number of nitrogens with zero attached hydrogens (tertiary/aromatic N) is 1. The van der Waals surface area contributed by atoms with Crippen molar-refractivity contribution in [3.05, 3.63) is 29.6 Å². The lowest BCUT2D eigenvalue weighted by atomic mass is 10.2. The van der Waals surface area contributed by atoms with Gasteiger partial charge in [0.15, 0.2) is 0 Å². The summed E-state index contributed by atoms with van der Waals surface area (Å²) in [4.78, 5) is 4.35. The molecule has 6 heteroatoms. The molecule has 1 aliphatic carbocycles. The maximum absolute atomic E-state index is 8.52. The fraction of sp³-hybridized carbons (Fsp3) is 0.444. The molecule has 1 atom stereocenters. The Bertz CT molecular complexity index is 306. The number of fused-ring (bicyclic) bond motifs is 1. The highest BCUT2D eigenvalue weighted by Crippen LogP contribution is 2.27. The summed E-state index contributed by atoms with van der Waals surface area (Å²) >= 11 is 0. The number of halogens is 1. The normalized spacial score (nSPS) is 18.3. The molecule has 1 aromatic rings. The van der Waals surface area contributed by atoms with Gasteiger partial charge in [-0.1, -0.05) is 6.07 Å². The SMILES string of the molecule is CNC1CCc2cccnc21.[O-][Cl+2]([O-])O. The second-order valence-electron chi connectivity index (χ2n) is 3.13. The van der Waals surface area contributed by atoms with Gasteiger partial charge in [-0.05, 0) is 31.5 Å². The minimum atomic E-state index is -2.60. The molecule has 0 bridgehead atoms.